The number of nitrogens with two attached hydrogens (primary N) is 1. The molecule has 0 saturated heterocycles. The Hall–Kier alpha value is -0.420. The molecule has 0 aliphatic heterocycles. The lowest BCUT2D eigenvalue weighted by atomic mass is 9.85. The first-order valence-corrected chi connectivity index (χ1v) is 7.15. The maximum atomic E-state index is 11.7. The molecule has 1 aliphatic carbocycles. The van der Waals surface area contributed by atoms with Crippen molar-refractivity contribution >= 4 is 16.7 Å². The molecule has 1 rings (SSSR count). The summed E-state index contributed by atoms with van der Waals surface area (Å²) in [7, 11) is -0.833. The lowest BCUT2D eigenvalue weighted by Crippen LogP contribution is -2.38. The molecule has 3 unspecified atom stereocenters. The van der Waals surface area contributed by atoms with E-state index in [2.05, 4.69) is 5.32 Å². The van der Waals surface area contributed by atoms with E-state index in [9.17, 15) is 9.00 Å². The monoisotopic (exact) mass is 232 g/mol. The second-order valence-corrected chi connectivity index (χ2v) is 5.75. The summed E-state index contributed by atoms with van der Waals surface area (Å²) < 4.78 is 10.8. The zero-order valence-electron chi connectivity index (χ0n) is 9.20. The van der Waals surface area contributed by atoms with E-state index in [-0.39, 0.29) is 17.9 Å². The Labute approximate surface area is 93.4 Å². The Bertz CT molecular complexity index is 246. The largest absolute Gasteiger partial charge is 0.355 e. The van der Waals surface area contributed by atoms with Gasteiger partial charge >= 0.3 is 0 Å². The van der Waals surface area contributed by atoms with Crippen molar-refractivity contribution in [2.24, 2.45) is 11.7 Å². The molecule has 1 amide bonds. The van der Waals surface area contributed by atoms with Crippen molar-refractivity contribution in [1.82, 2.24) is 5.32 Å². The Kier molecular flexibility index (Phi) is 5.25. The van der Waals surface area contributed by atoms with Gasteiger partial charge in [0.05, 0.1) is 0 Å². The van der Waals surface area contributed by atoms with Crippen molar-refractivity contribution < 1.29 is 9.00 Å². The molecule has 88 valence electrons. The smallest absolute Gasteiger partial charge is 0.223 e. The van der Waals surface area contributed by atoms with Crippen LogP contribution in [-0.4, -0.2) is 34.7 Å². The van der Waals surface area contributed by atoms with E-state index in [1.54, 1.807) is 6.26 Å². The number of amides is 1. The normalized spacial score (nSPS) is 28.4. The number of nitrogens with one attached hydrogen (secondary N) is 1. The van der Waals surface area contributed by atoms with Gasteiger partial charge in [-0.3, -0.25) is 9.00 Å². The topological polar surface area (TPSA) is 72.2 Å². The van der Waals surface area contributed by atoms with E-state index in [1.807, 2.05) is 0 Å². The molecule has 1 aliphatic rings. The fraction of sp³-hybridized carbons (Fsp3) is 0.900. The van der Waals surface area contributed by atoms with Crippen molar-refractivity contribution in [3.8, 4) is 0 Å². The minimum Gasteiger partial charge on any atom is -0.355 e. The van der Waals surface area contributed by atoms with E-state index in [1.165, 1.54) is 0 Å². The first-order valence-electron chi connectivity index (χ1n) is 5.43. The number of rotatable bonds is 4. The van der Waals surface area contributed by atoms with Crippen molar-refractivity contribution in [3.63, 3.8) is 0 Å². The van der Waals surface area contributed by atoms with Crippen LogP contribution in [0, 0.1) is 5.92 Å². The van der Waals surface area contributed by atoms with Gasteiger partial charge in [-0.05, 0) is 19.3 Å². The summed E-state index contributed by atoms with van der Waals surface area (Å²) in [6, 6.07) is 0.176. The maximum absolute atomic E-state index is 11.7. The van der Waals surface area contributed by atoms with Gasteiger partial charge in [-0.2, -0.15) is 0 Å². The first kappa shape index (κ1) is 12.6. The minimum atomic E-state index is -0.833. The highest BCUT2D eigenvalue weighted by atomic mass is 32.2. The lowest BCUT2D eigenvalue weighted by Gasteiger charge is -2.25. The predicted octanol–water partition coefficient (Wildman–Crippen LogP) is -0.00140. The molecule has 0 spiro atoms. The summed E-state index contributed by atoms with van der Waals surface area (Å²) in [4.78, 5) is 11.7. The quantitative estimate of drug-likeness (QED) is 0.716. The van der Waals surface area contributed by atoms with E-state index < -0.39 is 10.8 Å². The van der Waals surface area contributed by atoms with Crippen LogP contribution in [0.15, 0.2) is 0 Å². The predicted molar refractivity (Wildman–Crippen MR) is 61.9 cm³/mol. The number of carbonyl (C=O) groups is 1. The van der Waals surface area contributed by atoms with Crippen LogP contribution in [0.1, 0.15) is 25.7 Å². The average molecular weight is 232 g/mol. The van der Waals surface area contributed by atoms with E-state index >= 15 is 0 Å². The van der Waals surface area contributed by atoms with Crippen LogP contribution < -0.4 is 11.1 Å². The third-order valence-electron chi connectivity index (χ3n) is 2.77. The van der Waals surface area contributed by atoms with Crippen molar-refractivity contribution in [3.05, 3.63) is 0 Å². The summed E-state index contributed by atoms with van der Waals surface area (Å²) in [6.45, 7) is 0.508. The van der Waals surface area contributed by atoms with Crippen molar-refractivity contribution in [2.75, 3.05) is 18.6 Å². The molecule has 1 fully saturated rings. The molecule has 0 aromatic carbocycles. The van der Waals surface area contributed by atoms with Gasteiger partial charge in [0.2, 0.25) is 5.91 Å². The Morgan fingerprint density at radius 2 is 2.27 bits per heavy atom. The van der Waals surface area contributed by atoms with E-state index in [0.29, 0.717) is 12.3 Å². The van der Waals surface area contributed by atoms with Gasteiger partial charge in [0.15, 0.2) is 0 Å². The molecular formula is C10H20N2O2S. The van der Waals surface area contributed by atoms with E-state index in [4.69, 9.17) is 5.73 Å². The molecule has 0 bridgehead atoms. The van der Waals surface area contributed by atoms with Crippen LogP contribution in [0.25, 0.3) is 0 Å². The molecule has 0 heterocycles. The Morgan fingerprint density at radius 1 is 1.53 bits per heavy atom. The molecule has 4 nitrogen and oxygen atoms in total. The SMILES string of the molecule is CS(=O)CCNC(=O)C1CCCC(N)C1. The minimum absolute atomic E-state index is 0.0686. The molecule has 1 saturated carbocycles. The molecule has 3 atom stereocenters. The molecule has 0 radical (unpaired) electrons. The van der Waals surface area contributed by atoms with Crippen LogP contribution in [0.3, 0.4) is 0 Å². The van der Waals surface area contributed by atoms with Crippen LogP contribution in [0.4, 0.5) is 0 Å². The van der Waals surface area contributed by atoms with Gasteiger partial charge in [0.25, 0.3) is 0 Å². The van der Waals surface area contributed by atoms with Crippen LogP contribution in [-0.2, 0) is 15.6 Å². The molecule has 0 aromatic heterocycles. The third kappa shape index (κ3) is 4.75. The fourth-order valence-electron chi connectivity index (χ4n) is 1.93. The van der Waals surface area contributed by atoms with Gasteiger partial charge < -0.3 is 11.1 Å². The summed E-state index contributed by atoms with van der Waals surface area (Å²) in [5.41, 5.74) is 5.81. The number of carbonyl (C=O) groups excluding carboxylic acids is 1. The third-order valence-corrected chi connectivity index (χ3v) is 3.55. The average Bonchev–Trinajstić information content (AvgIpc) is 2.17. The van der Waals surface area contributed by atoms with Crippen LogP contribution in [0.2, 0.25) is 0 Å². The van der Waals surface area contributed by atoms with Crippen LogP contribution >= 0.6 is 0 Å². The van der Waals surface area contributed by atoms with Crippen LogP contribution in [0.5, 0.6) is 0 Å². The number of hydrogen-bond donors (Lipinski definition) is 2. The Morgan fingerprint density at radius 3 is 2.87 bits per heavy atom. The zero-order valence-corrected chi connectivity index (χ0v) is 10.0. The summed E-state index contributed by atoms with van der Waals surface area (Å²) in [5.74, 6) is 0.680. The van der Waals surface area contributed by atoms with Gasteiger partial charge in [-0.15, -0.1) is 0 Å². The van der Waals surface area contributed by atoms with Gasteiger partial charge in [-0.25, -0.2) is 0 Å². The second kappa shape index (κ2) is 6.23. The van der Waals surface area contributed by atoms with Crippen molar-refractivity contribution in [1.29, 1.82) is 0 Å². The lowest BCUT2D eigenvalue weighted by molar-refractivity contribution is -0.125. The molecule has 0 aromatic rings. The molecule has 15 heavy (non-hydrogen) atoms. The highest BCUT2D eigenvalue weighted by Crippen LogP contribution is 2.22. The molecular weight excluding hydrogens is 212 g/mol. The van der Waals surface area contributed by atoms with Gasteiger partial charge in [-0.1, -0.05) is 6.42 Å². The maximum Gasteiger partial charge on any atom is 0.223 e. The second-order valence-electron chi connectivity index (χ2n) is 4.19. The van der Waals surface area contributed by atoms with Gasteiger partial charge in [0, 0.05) is 41.3 Å². The molecule has 3 N–H and O–H groups in total. The fourth-order valence-corrected chi connectivity index (χ4v) is 2.32. The summed E-state index contributed by atoms with van der Waals surface area (Å²) >= 11 is 0. The summed E-state index contributed by atoms with van der Waals surface area (Å²) in [6.07, 6.45) is 5.44. The van der Waals surface area contributed by atoms with Gasteiger partial charge in [0.1, 0.15) is 0 Å². The Balaban J connectivity index is 2.24. The molecule has 5 heteroatoms. The standard InChI is InChI=1S/C10H20N2O2S/c1-15(14)6-5-12-10(13)8-3-2-4-9(11)7-8/h8-9H,2-7,11H2,1H3,(H,12,13). The van der Waals surface area contributed by atoms with Crippen molar-refractivity contribution in [2.45, 2.75) is 31.7 Å². The summed E-state index contributed by atoms with van der Waals surface area (Å²) in [5, 5.41) is 2.82. The first-order chi connectivity index (χ1) is 7.09. The highest BCUT2D eigenvalue weighted by molar-refractivity contribution is 7.84. The zero-order chi connectivity index (χ0) is 11.3. The highest BCUT2D eigenvalue weighted by Gasteiger charge is 2.24. The van der Waals surface area contributed by atoms with E-state index in [0.717, 1.165) is 25.7 Å². The number of hydrogen-bond acceptors (Lipinski definition) is 3.